The highest BCUT2D eigenvalue weighted by atomic mass is 14.7. The molecule has 1 unspecified atom stereocenters. The molecule has 0 saturated carbocycles. The molecule has 0 fully saturated rings. The Hall–Kier alpha value is -1.67. The Morgan fingerprint density at radius 2 is 1.68 bits per heavy atom. The van der Waals surface area contributed by atoms with E-state index in [-0.39, 0.29) is 6.04 Å². The van der Waals surface area contributed by atoms with E-state index in [9.17, 15) is 0 Å². The topological polar surface area (TPSA) is 38.9 Å². The molecule has 2 nitrogen and oxygen atoms in total. The van der Waals surface area contributed by atoms with Crippen LogP contribution in [-0.2, 0) is 6.42 Å². The lowest BCUT2D eigenvalue weighted by Gasteiger charge is -2.13. The highest BCUT2D eigenvalue weighted by Crippen LogP contribution is 2.18. The second-order valence-corrected chi connectivity index (χ2v) is 5.17. The van der Waals surface area contributed by atoms with Gasteiger partial charge in [-0.1, -0.05) is 30.3 Å². The zero-order valence-corrected chi connectivity index (χ0v) is 11.8. The van der Waals surface area contributed by atoms with E-state index < -0.39 is 0 Å². The number of nitrogens with two attached hydrogens (primary N) is 1. The molecule has 2 rings (SSSR count). The van der Waals surface area contributed by atoms with E-state index in [1.807, 2.05) is 13.8 Å². The highest BCUT2D eigenvalue weighted by Gasteiger charge is 2.07. The first-order valence-electron chi connectivity index (χ1n) is 6.90. The van der Waals surface area contributed by atoms with Crippen LogP contribution in [0.4, 0.5) is 0 Å². The van der Waals surface area contributed by atoms with Gasteiger partial charge in [-0.05, 0) is 56.4 Å². The fourth-order valence-electron chi connectivity index (χ4n) is 2.42. The molecule has 0 bridgehead atoms. The van der Waals surface area contributed by atoms with Gasteiger partial charge in [0.15, 0.2) is 0 Å². The van der Waals surface area contributed by atoms with E-state index in [0.717, 1.165) is 30.7 Å². The Kier molecular flexibility index (Phi) is 4.69. The van der Waals surface area contributed by atoms with Crippen LogP contribution >= 0.6 is 0 Å². The Labute approximate surface area is 115 Å². The number of aryl methyl sites for hydroxylation is 3. The molecule has 1 aromatic carbocycles. The highest BCUT2D eigenvalue weighted by molar-refractivity contribution is 5.23. The summed E-state index contributed by atoms with van der Waals surface area (Å²) in [6, 6.07) is 14.9. The van der Waals surface area contributed by atoms with Crippen molar-refractivity contribution in [3.05, 3.63) is 65.0 Å². The lowest BCUT2D eigenvalue weighted by molar-refractivity contribution is 0.610. The third-order valence-corrected chi connectivity index (χ3v) is 3.36. The standard InChI is InChI=1S/C17H22N2/c1-13-11-16(12-14(2)19-13)17(18)10-6-9-15-7-4-3-5-8-15/h3-5,7-8,11-12,17H,6,9-10,18H2,1-2H3. The summed E-state index contributed by atoms with van der Waals surface area (Å²) in [6.45, 7) is 4.04. The van der Waals surface area contributed by atoms with Crippen molar-refractivity contribution in [3.63, 3.8) is 0 Å². The van der Waals surface area contributed by atoms with Crippen molar-refractivity contribution in [1.82, 2.24) is 4.98 Å². The largest absolute Gasteiger partial charge is 0.324 e. The second-order valence-electron chi connectivity index (χ2n) is 5.17. The maximum atomic E-state index is 6.27. The Morgan fingerprint density at radius 3 is 2.32 bits per heavy atom. The molecule has 0 aliphatic heterocycles. The van der Waals surface area contributed by atoms with Crippen molar-refractivity contribution < 1.29 is 0 Å². The van der Waals surface area contributed by atoms with Gasteiger partial charge in [-0.15, -0.1) is 0 Å². The molecule has 100 valence electrons. The van der Waals surface area contributed by atoms with Gasteiger partial charge in [0.25, 0.3) is 0 Å². The third-order valence-electron chi connectivity index (χ3n) is 3.36. The summed E-state index contributed by atoms with van der Waals surface area (Å²) >= 11 is 0. The lowest BCUT2D eigenvalue weighted by Crippen LogP contribution is -2.11. The molecule has 0 amide bonds. The van der Waals surface area contributed by atoms with Crippen LogP contribution in [0.15, 0.2) is 42.5 Å². The van der Waals surface area contributed by atoms with Crippen LogP contribution in [0.25, 0.3) is 0 Å². The zero-order valence-electron chi connectivity index (χ0n) is 11.8. The minimum Gasteiger partial charge on any atom is -0.324 e. The summed E-state index contributed by atoms with van der Waals surface area (Å²) in [4.78, 5) is 4.39. The van der Waals surface area contributed by atoms with E-state index in [2.05, 4.69) is 47.4 Å². The second kappa shape index (κ2) is 6.48. The van der Waals surface area contributed by atoms with Gasteiger partial charge >= 0.3 is 0 Å². The molecule has 2 aromatic rings. The minimum atomic E-state index is 0.115. The molecule has 0 spiro atoms. The summed E-state index contributed by atoms with van der Waals surface area (Å²) in [6.07, 6.45) is 3.22. The maximum absolute atomic E-state index is 6.27. The first-order chi connectivity index (χ1) is 9.15. The van der Waals surface area contributed by atoms with E-state index in [0.29, 0.717) is 0 Å². The van der Waals surface area contributed by atoms with Crippen molar-refractivity contribution in [2.45, 2.75) is 39.2 Å². The molecule has 1 heterocycles. The first-order valence-corrected chi connectivity index (χ1v) is 6.90. The molecule has 0 aliphatic carbocycles. The van der Waals surface area contributed by atoms with E-state index in [1.54, 1.807) is 0 Å². The average Bonchev–Trinajstić information content (AvgIpc) is 2.38. The van der Waals surface area contributed by atoms with Crippen LogP contribution in [0.2, 0.25) is 0 Å². The summed E-state index contributed by atoms with van der Waals surface area (Å²) < 4.78 is 0. The van der Waals surface area contributed by atoms with Gasteiger partial charge in [0.1, 0.15) is 0 Å². The smallest absolute Gasteiger partial charge is 0.0379 e. The van der Waals surface area contributed by atoms with Crippen molar-refractivity contribution in [3.8, 4) is 0 Å². The molecule has 0 aliphatic rings. The third kappa shape index (κ3) is 4.18. The van der Waals surface area contributed by atoms with Gasteiger partial charge in [0.2, 0.25) is 0 Å². The molecule has 2 heteroatoms. The van der Waals surface area contributed by atoms with Gasteiger partial charge in [-0.25, -0.2) is 0 Å². The van der Waals surface area contributed by atoms with E-state index in [4.69, 9.17) is 5.73 Å². The number of pyridine rings is 1. The van der Waals surface area contributed by atoms with Crippen molar-refractivity contribution in [2.24, 2.45) is 5.73 Å². The Balaban J connectivity index is 1.89. The van der Waals surface area contributed by atoms with Crippen LogP contribution in [0.3, 0.4) is 0 Å². The van der Waals surface area contributed by atoms with Gasteiger partial charge in [-0.2, -0.15) is 0 Å². The Bertz CT molecular complexity index is 500. The summed E-state index contributed by atoms with van der Waals surface area (Å²) in [7, 11) is 0. The molecular weight excluding hydrogens is 232 g/mol. The van der Waals surface area contributed by atoms with Crippen LogP contribution < -0.4 is 5.73 Å². The van der Waals surface area contributed by atoms with Gasteiger partial charge in [0, 0.05) is 17.4 Å². The molecular formula is C17H22N2. The Morgan fingerprint density at radius 1 is 1.05 bits per heavy atom. The van der Waals surface area contributed by atoms with Gasteiger partial charge in [0.05, 0.1) is 0 Å². The predicted octanol–water partition coefficient (Wildman–Crippen LogP) is 3.72. The summed E-state index contributed by atoms with van der Waals surface area (Å²) in [5.41, 5.74) is 11.0. The molecule has 1 atom stereocenters. The van der Waals surface area contributed by atoms with Crippen LogP contribution in [0.1, 0.15) is 41.4 Å². The minimum absolute atomic E-state index is 0.115. The average molecular weight is 254 g/mol. The number of hydrogen-bond donors (Lipinski definition) is 1. The van der Waals surface area contributed by atoms with Gasteiger partial charge < -0.3 is 5.73 Å². The predicted molar refractivity (Wildman–Crippen MR) is 80.0 cm³/mol. The maximum Gasteiger partial charge on any atom is 0.0379 e. The van der Waals surface area contributed by atoms with Crippen molar-refractivity contribution in [1.29, 1.82) is 0 Å². The zero-order chi connectivity index (χ0) is 13.7. The number of nitrogens with zero attached hydrogens (tertiary/aromatic N) is 1. The van der Waals surface area contributed by atoms with E-state index >= 15 is 0 Å². The number of hydrogen-bond acceptors (Lipinski definition) is 2. The normalized spacial score (nSPS) is 12.4. The lowest BCUT2D eigenvalue weighted by atomic mass is 9.99. The SMILES string of the molecule is Cc1cc(C(N)CCCc2ccccc2)cc(C)n1. The van der Waals surface area contributed by atoms with Crippen molar-refractivity contribution >= 4 is 0 Å². The fraction of sp³-hybridized carbons (Fsp3) is 0.353. The molecule has 2 N–H and O–H groups in total. The first kappa shape index (κ1) is 13.8. The van der Waals surface area contributed by atoms with Crippen LogP contribution in [-0.4, -0.2) is 4.98 Å². The fourth-order valence-corrected chi connectivity index (χ4v) is 2.42. The molecule has 0 radical (unpaired) electrons. The number of benzene rings is 1. The monoisotopic (exact) mass is 254 g/mol. The van der Waals surface area contributed by atoms with Crippen molar-refractivity contribution in [2.75, 3.05) is 0 Å². The number of rotatable bonds is 5. The summed E-state index contributed by atoms with van der Waals surface area (Å²) in [5, 5.41) is 0. The summed E-state index contributed by atoms with van der Waals surface area (Å²) in [5.74, 6) is 0. The molecule has 19 heavy (non-hydrogen) atoms. The van der Waals surface area contributed by atoms with Gasteiger partial charge in [-0.3, -0.25) is 4.98 Å². The quantitative estimate of drug-likeness (QED) is 0.883. The van der Waals surface area contributed by atoms with Crippen LogP contribution in [0, 0.1) is 13.8 Å². The molecule has 0 saturated heterocycles. The number of aromatic nitrogens is 1. The van der Waals surface area contributed by atoms with Crippen LogP contribution in [0.5, 0.6) is 0 Å². The van der Waals surface area contributed by atoms with E-state index in [1.165, 1.54) is 11.1 Å². The molecule has 1 aromatic heterocycles.